The van der Waals surface area contributed by atoms with Gasteiger partial charge in [0.05, 0.1) is 6.61 Å². The molecule has 0 unspecified atom stereocenters. The van der Waals surface area contributed by atoms with E-state index in [0.29, 0.717) is 52.4 Å². The second-order valence-electron chi connectivity index (χ2n) is 10.1. The van der Waals surface area contributed by atoms with E-state index in [1.54, 1.807) is 18.2 Å². The zero-order valence-electron chi connectivity index (χ0n) is 23.7. The SMILES string of the molecule is CCCCCNNC(=O)[C@@]1(C/C=C/c2ccccc2)N=C(c2ccc(OCCCO)cc2)O[C@H]1c1ccc(Cl)cc1Cl. The molecule has 0 radical (unpaired) electrons. The van der Waals surface area contributed by atoms with E-state index in [1.165, 1.54) is 0 Å². The van der Waals surface area contributed by atoms with E-state index < -0.39 is 11.6 Å². The molecule has 1 heterocycles. The maximum Gasteiger partial charge on any atom is 0.266 e. The first-order valence-electron chi connectivity index (χ1n) is 14.3. The summed E-state index contributed by atoms with van der Waals surface area (Å²) in [5, 5.41) is 9.90. The van der Waals surface area contributed by atoms with Gasteiger partial charge < -0.3 is 14.6 Å². The number of hydrazine groups is 1. The van der Waals surface area contributed by atoms with Gasteiger partial charge in [-0.15, -0.1) is 0 Å². The minimum Gasteiger partial charge on any atom is -0.494 e. The van der Waals surface area contributed by atoms with Gasteiger partial charge >= 0.3 is 0 Å². The van der Waals surface area contributed by atoms with E-state index >= 15 is 0 Å². The van der Waals surface area contributed by atoms with Gasteiger partial charge in [0.2, 0.25) is 5.90 Å². The Balaban J connectivity index is 1.72. The molecule has 42 heavy (non-hydrogen) atoms. The number of nitrogens with zero attached hydrogens (tertiary/aromatic N) is 1. The Kier molecular flexibility index (Phi) is 11.8. The fourth-order valence-corrected chi connectivity index (χ4v) is 5.17. The number of aliphatic hydroxyl groups excluding tert-OH is 1. The van der Waals surface area contributed by atoms with Crippen LogP contribution in [-0.2, 0) is 9.53 Å². The second-order valence-corrected chi connectivity index (χ2v) is 10.9. The van der Waals surface area contributed by atoms with Crippen molar-refractivity contribution in [3.05, 3.63) is 106 Å². The average molecular weight is 611 g/mol. The number of hydrogen-bond donors (Lipinski definition) is 3. The molecule has 0 bridgehead atoms. The molecule has 0 aliphatic carbocycles. The minimum absolute atomic E-state index is 0.0632. The summed E-state index contributed by atoms with van der Waals surface area (Å²) in [4.78, 5) is 19.1. The van der Waals surface area contributed by atoms with Crippen LogP contribution in [-0.4, -0.2) is 42.2 Å². The van der Waals surface area contributed by atoms with Gasteiger partial charge in [-0.3, -0.25) is 10.2 Å². The van der Waals surface area contributed by atoms with Crippen LogP contribution in [0.2, 0.25) is 10.0 Å². The highest BCUT2D eigenvalue weighted by Crippen LogP contribution is 2.45. The molecule has 7 nitrogen and oxygen atoms in total. The van der Waals surface area contributed by atoms with E-state index in [-0.39, 0.29) is 18.9 Å². The Morgan fingerprint density at radius 2 is 1.86 bits per heavy atom. The Hall–Kier alpha value is -3.36. The lowest BCUT2D eigenvalue weighted by Gasteiger charge is -2.30. The van der Waals surface area contributed by atoms with Gasteiger partial charge in [-0.05, 0) is 48.4 Å². The first-order valence-corrected chi connectivity index (χ1v) is 15.0. The van der Waals surface area contributed by atoms with Gasteiger partial charge in [0, 0.05) is 47.2 Å². The van der Waals surface area contributed by atoms with Crippen molar-refractivity contribution in [1.82, 2.24) is 10.9 Å². The molecular formula is C33H37Cl2N3O4. The second kappa shape index (κ2) is 15.8. The number of hydrogen-bond acceptors (Lipinski definition) is 6. The predicted octanol–water partition coefficient (Wildman–Crippen LogP) is 6.93. The molecule has 222 valence electrons. The quantitative estimate of drug-likeness (QED) is 0.128. The highest BCUT2D eigenvalue weighted by atomic mass is 35.5. The number of rotatable bonds is 15. The lowest BCUT2D eigenvalue weighted by molar-refractivity contribution is -0.129. The van der Waals surface area contributed by atoms with Crippen LogP contribution in [0.3, 0.4) is 0 Å². The van der Waals surface area contributed by atoms with Crippen molar-refractivity contribution in [3.8, 4) is 5.75 Å². The van der Waals surface area contributed by atoms with Crippen LogP contribution in [0.1, 0.15) is 61.8 Å². The maximum absolute atomic E-state index is 14.1. The lowest BCUT2D eigenvalue weighted by atomic mass is 9.84. The molecule has 0 aromatic heterocycles. The lowest BCUT2D eigenvalue weighted by Crippen LogP contribution is -2.52. The van der Waals surface area contributed by atoms with Crippen LogP contribution in [0.25, 0.3) is 6.08 Å². The van der Waals surface area contributed by atoms with Gasteiger partial charge in [-0.1, -0.05) is 91.5 Å². The summed E-state index contributed by atoms with van der Waals surface area (Å²) in [6.07, 6.45) is 6.95. The van der Waals surface area contributed by atoms with Gasteiger partial charge in [-0.2, -0.15) is 0 Å². The Morgan fingerprint density at radius 1 is 1.07 bits per heavy atom. The number of amides is 1. The highest BCUT2D eigenvalue weighted by Gasteiger charge is 2.53. The summed E-state index contributed by atoms with van der Waals surface area (Å²) in [5.74, 6) is 0.656. The van der Waals surface area contributed by atoms with Gasteiger partial charge in [0.25, 0.3) is 5.91 Å². The number of benzene rings is 3. The monoisotopic (exact) mass is 609 g/mol. The van der Waals surface area contributed by atoms with Crippen LogP contribution < -0.4 is 15.6 Å². The fraction of sp³-hybridized carbons (Fsp3) is 0.333. The number of carbonyl (C=O) groups is 1. The van der Waals surface area contributed by atoms with Crippen LogP contribution in [0.4, 0.5) is 0 Å². The highest BCUT2D eigenvalue weighted by molar-refractivity contribution is 6.35. The maximum atomic E-state index is 14.1. The van der Waals surface area contributed by atoms with E-state index in [4.69, 9.17) is 42.8 Å². The van der Waals surface area contributed by atoms with Crippen LogP contribution >= 0.6 is 23.2 Å². The van der Waals surface area contributed by atoms with Gasteiger partial charge in [0.1, 0.15) is 5.75 Å². The van der Waals surface area contributed by atoms with Crippen molar-refractivity contribution >= 4 is 41.1 Å². The number of carbonyl (C=O) groups excluding carboxylic acids is 1. The summed E-state index contributed by atoms with van der Waals surface area (Å²) in [5.41, 5.74) is 6.91. The zero-order valence-corrected chi connectivity index (χ0v) is 25.2. The summed E-state index contributed by atoms with van der Waals surface area (Å²) >= 11 is 12.9. The summed E-state index contributed by atoms with van der Waals surface area (Å²) in [6.45, 7) is 3.24. The molecule has 1 amide bonds. The van der Waals surface area contributed by atoms with Crippen molar-refractivity contribution in [2.75, 3.05) is 19.8 Å². The van der Waals surface area contributed by atoms with E-state index in [9.17, 15) is 4.79 Å². The average Bonchev–Trinajstić information content (AvgIpc) is 3.38. The topological polar surface area (TPSA) is 92.2 Å². The molecule has 3 aromatic rings. The molecule has 0 spiro atoms. The molecule has 9 heteroatoms. The zero-order chi connectivity index (χ0) is 29.8. The number of aliphatic hydroxyl groups is 1. The molecule has 4 rings (SSSR count). The number of unbranched alkanes of at least 4 members (excludes halogenated alkanes) is 2. The minimum atomic E-state index is -1.37. The van der Waals surface area contributed by atoms with E-state index in [0.717, 1.165) is 24.8 Å². The summed E-state index contributed by atoms with van der Waals surface area (Å²) in [6, 6.07) is 22.3. The van der Waals surface area contributed by atoms with Crippen molar-refractivity contribution in [2.24, 2.45) is 4.99 Å². The molecule has 3 aromatic carbocycles. The molecular weight excluding hydrogens is 573 g/mol. The number of ether oxygens (including phenoxy) is 2. The predicted molar refractivity (Wildman–Crippen MR) is 169 cm³/mol. The number of aliphatic imine (C=N–C) groups is 1. The van der Waals surface area contributed by atoms with Crippen LogP contribution in [0.15, 0.2) is 83.9 Å². The third kappa shape index (κ3) is 8.13. The van der Waals surface area contributed by atoms with E-state index in [1.807, 2.05) is 66.7 Å². The van der Waals surface area contributed by atoms with Gasteiger partial charge in [-0.25, -0.2) is 10.4 Å². The molecule has 3 N–H and O–H groups in total. The van der Waals surface area contributed by atoms with Crippen molar-refractivity contribution in [3.63, 3.8) is 0 Å². The Labute approximate surface area is 257 Å². The van der Waals surface area contributed by atoms with Crippen LogP contribution in [0.5, 0.6) is 5.75 Å². The van der Waals surface area contributed by atoms with E-state index in [2.05, 4.69) is 17.8 Å². The van der Waals surface area contributed by atoms with Crippen molar-refractivity contribution in [1.29, 1.82) is 0 Å². The molecule has 1 aliphatic heterocycles. The molecule has 2 atom stereocenters. The molecule has 0 saturated carbocycles. The van der Waals surface area contributed by atoms with Crippen molar-refractivity contribution < 1.29 is 19.4 Å². The normalized spacial score (nSPS) is 18.1. The largest absolute Gasteiger partial charge is 0.494 e. The number of halogens is 2. The van der Waals surface area contributed by atoms with Crippen LogP contribution in [0, 0.1) is 0 Å². The summed E-state index contributed by atoms with van der Waals surface area (Å²) in [7, 11) is 0. The molecule has 0 fully saturated rings. The summed E-state index contributed by atoms with van der Waals surface area (Å²) < 4.78 is 12.2. The first-order chi connectivity index (χ1) is 20.5. The van der Waals surface area contributed by atoms with Crippen molar-refractivity contribution in [2.45, 2.75) is 50.7 Å². The molecule has 0 saturated heterocycles. The third-order valence-electron chi connectivity index (χ3n) is 6.92. The van der Waals surface area contributed by atoms with Gasteiger partial charge in [0.15, 0.2) is 11.6 Å². The smallest absolute Gasteiger partial charge is 0.266 e. The number of nitrogens with one attached hydrogen (secondary N) is 2. The third-order valence-corrected chi connectivity index (χ3v) is 7.48. The standard InChI is InChI=1S/C33H37Cl2N3O4/c1-2-3-7-20-36-38-32(40)33(19-8-12-24-10-5-4-6-11-24)30(28-18-15-26(34)23-29(28)35)42-31(37-33)25-13-16-27(17-14-25)41-22-9-21-39/h4-6,8,10-18,23,30,36,39H,2-3,7,9,19-22H2,1H3,(H,38,40)/b12-8+/t30-,33-/m0/s1. The fourth-order valence-electron chi connectivity index (χ4n) is 4.66. The first kappa shape index (κ1) is 31.6. The molecule has 1 aliphatic rings. The Morgan fingerprint density at radius 3 is 2.57 bits per heavy atom. The Bertz CT molecular complexity index is 1370.